The van der Waals surface area contributed by atoms with Gasteiger partial charge in [0.1, 0.15) is 46.1 Å². The van der Waals surface area contributed by atoms with Gasteiger partial charge in [-0.3, -0.25) is 9.44 Å². The van der Waals surface area contributed by atoms with Crippen molar-refractivity contribution in [2.45, 2.75) is 55.2 Å². The van der Waals surface area contributed by atoms with Crippen molar-refractivity contribution >= 4 is 138 Å². The number of benzene rings is 3. The number of rotatable bonds is 13. The number of hydrogen-bond acceptors (Lipinski definition) is 19. The van der Waals surface area contributed by atoms with E-state index in [1.807, 2.05) is 29.8 Å². The molecular formula is C49H52F4N18O4S6. The number of aromatic nitrogens is 9. The van der Waals surface area contributed by atoms with Crippen LogP contribution in [0.3, 0.4) is 0 Å². The van der Waals surface area contributed by atoms with E-state index >= 15 is 0 Å². The quantitative estimate of drug-likeness (QED) is 0.0550. The first-order chi connectivity index (χ1) is 38.8. The fourth-order valence-corrected chi connectivity index (χ4v) is 13.6. The van der Waals surface area contributed by atoms with E-state index in [1.54, 1.807) is 30.6 Å². The summed E-state index contributed by atoms with van der Waals surface area (Å²) in [6.45, 7) is 9.81. The Bertz CT molecular complexity index is 3780. The van der Waals surface area contributed by atoms with Crippen LogP contribution in [0.25, 0.3) is 21.9 Å². The maximum absolute atomic E-state index is 13.9. The molecule has 81 heavy (non-hydrogen) atoms. The number of hydrogen-bond donors (Lipinski definition) is 5. The number of nitrogens with zero attached hydrogens (tertiary/aromatic N) is 13. The van der Waals surface area contributed by atoms with Gasteiger partial charge in [0.15, 0.2) is 10.2 Å². The molecule has 3 aliphatic rings. The summed E-state index contributed by atoms with van der Waals surface area (Å²) >= 11 is 13.6. The van der Waals surface area contributed by atoms with E-state index in [4.69, 9.17) is 24.4 Å². The molecule has 3 aliphatic heterocycles. The molecule has 3 fully saturated rings. The Morgan fingerprint density at radius 1 is 0.654 bits per heavy atom. The van der Waals surface area contributed by atoms with Gasteiger partial charge in [-0.2, -0.15) is 13.2 Å². The molecule has 0 bridgehead atoms. The van der Waals surface area contributed by atoms with E-state index in [9.17, 15) is 34.4 Å². The highest BCUT2D eigenvalue weighted by atomic mass is 32.2. The van der Waals surface area contributed by atoms with Crippen molar-refractivity contribution in [2.24, 2.45) is 0 Å². The van der Waals surface area contributed by atoms with E-state index in [-0.39, 0.29) is 25.6 Å². The molecule has 426 valence electrons. The molecule has 8 heterocycles. The predicted octanol–water partition coefficient (Wildman–Crippen LogP) is 7.62. The molecule has 32 heteroatoms. The number of piperazine rings is 2. The van der Waals surface area contributed by atoms with E-state index in [0.29, 0.717) is 118 Å². The lowest BCUT2D eigenvalue weighted by Gasteiger charge is -2.37. The Morgan fingerprint density at radius 3 is 1.64 bits per heavy atom. The zero-order chi connectivity index (χ0) is 57.1. The highest BCUT2D eigenvalue weighted by Gasteiger charge is 2.32. The molecule has 22 nitrogen and oxygen atoms in total. The summed E-state index contributed by atoms with van der Waals surface area (Å²) in [7, 11) is -7.60. The number of aromatic amines is 1. The van der Waals surface area contributed by atoms with Gasteiger partial charge in [-0.15, -0.1) is 20.4 Å². The first kappa shape index (κ1) is 57.0. The number of sulfonamides is 2. The van der Waals surface area contributed by atoms with E-state index < -0.39 is 38.0 Å². The highest BCUT2D eigenvalue weighted by molar-refractivity contribution is 7.93. The molecule has 3 aromatic carbocycles. The first-order valence-corrected chi connectivity index (χ1v) is 30.8. The molecule has 1 atom stereocenters. The van der Waals surface area contributed by atoms with E-state index in [0.717, 1.165) is 44.7 Å². The van der Waals surface area contributed by atoms with E-state index in [2.05, 4.69) is 80.1 Å². The molecule has 0 unspecified atom stereocenters. The number of nitrogens with one attached hydrogen (secondary N) is 5. The van der Waals surface area contributed by atoms with Gasteiger partial charge < -0.3 is 40.1 Å². The predicted molar refractivity (Wildman–Crippen MR) is 313 cm³/mol. The molecule has 0 aliphatic carbocycles. The Balaban J connectivity index is 0.000000182. The fraction of sp³-hybridized carbons (Fsp3) is 0.347. The van der Waals surface area contributed by atoms with Crippen LogP contribution >= 0.6 is 47.1 Å². The molecule has 5 aromatic heterocycles. The second-order valence-corrected chi connectivity index (χ2v) is 24.9. The highest BCUT2D eigenvalue weighted by Crippen LogP contribution is 2.36. The number of H-pyrrole nitrogens is 1. The molecule has 0 radical (unpaired) electrons. The maximum atomic E-state index is 13.9. The average Bonchev–Trinajstić information content (AvgIpc) is 4.53. The third-order valence-corrected chi connectivity index (χ3v) is 19.0. The minimum atomic E-state index is -4.45. The summed E-state index contributed by atoms with van der Waals surface area (Å²) in [6.07, 6.45) is 1.32. The zero-order valence-electron chi connectivity index (χ0n) is 43.3. The fourth-order valence-electron chi connectivity index (χ4n) is 9.13. The maximum Gasteiger partial charge on any atom is 0.416 e. The van der Waals surface area contributed by atoms with Crippen LogP contribution in [0.5, 0.6) is 0 Å². The van der Waals surface area contributed by atoms with Crippen molar-refractivity contribution in [3.05, 3.63) is 101 Å². The Morgan fingerprint density at radius 2 is 1.16 bits per heavy atom. The number of thiocarbonyl (C=S) groups is 2. The summed E-state index contributed by atoms with van der Waals surface area (Å²) in [5, 5.41) is 26.4. The third kappa shape index (κ3) is 13.3. The molecule has 0 amide bonds. The van der Waals surface area contributed by atoms with Gasteiger partial charge in [0.25, 0.3) is 20.0 Å². The minimum absolute atomic E-state index is 0.0743. The minimum Gasteiger partial charge on any atom is -0.367 e. The van der Waals surface area contributed by atoms with Crippen molar-refractivity contribution in [1.82, 2.24) is 55.1 Å². The molecule has 0 spiro atoms. The number of aryl methyl sites for hydroxylation is 2. The van der Waals surface area contributed by atoms with Crippen molar-refractivity contribution in [3.8, 4) is 0 Å². The zero-order valence-corrected chi connectivity index (χ0v) is 48.2. The number of fused-ring (bicyclic) bond motifs is 2. The van der Waals surface area contributed by atoms with Gasteiger partial charge in [-0.25, -0.2) is 41.2 Å². The van der Waals surface area contributed by atoms with E-state index in [1.165, 1.54) is 59.3 Å². The molecular weight excluding hydrogens is 1170 g/mol. The normalized spacial score (nSPS) is 16.1. The van der Waals surface area contributed by atoms with Crippen LogP contribution in [0, 0.1) is 0 Å². The lowest BCUT2D eigenvalue weighted by atomic mass is 10.1. The average molecular weight is 1230 g/mol. The van der Waals surface area contributed by atoms with Crippen LogP contribution < -0.4 is 34.8 Å². The summed E-state index contributed by atoms with van der Waals surface area (Å²) in [5.74, 6) is 1.40. The van der Waals surface area contributed by atoms with Crippen molar-refractivity contribution < 1.29 is 34.4 Å². The molecule has 3 saturated heterocycles. The first-order valence-electron chi connectivity index (χ1n) is 25.4. The van der Waals surface area contributed by atoms with Gasteiger partial charge in [0, 0.05) is 88.4 Å². The van der Waals surface area contributed by atoms with Crippen molar-refractivity contribution in [3.63, 3.8) is 0 Å². The van der Waals surface area contributed by atoms with Crippen molar-refractivity contribution in [1.29, 1.82) is 0 Å². The van der Waals surface area contributed by atoms with Gasteiger partial charge in [-0.05, 0) is 110 Å². The van der Waals surface area contributed by atoms with Gasteiger partial charge >= 0.3 is 6.18 Å². The molecule has 0 saturated carbocycles. The van der Waals surface area contributed by atoms with Gasteiger partial charge in [-0.1, -0.05) is 36.5 Å². The second kappa shape index (κ2) is 24.1. The Kier molecular flexibility index (Phi) is 16.9. The topological polar surface area (TPSA) is 252 Å². The van der Waals surface area contributed by atoms with Crippen LogP contribution in [0.1, 0.15) is 35.8 Å². The van der Waals surface area contributed by atoms with Crippen molar-refractivity contribution in [2.75, 3.05) is 100 Å². The molecule has 8 aromatic rings. The summed E-state index contributed by atoms with van der Waals surface area (Å²) in [5.41, 5.74) is 2.46. The smallest absolute Gasteiger partial charge is 0.367 e. The monoisotopic (exact) mass is 1220 g/mol. The van der Waals surface area contributed by atoms with Crippen LogP contribution in [-0.4, -0.2) is 154 Å². The van der Waals surface area contributed by atoms with Crippen LogP contribution in [0.15, 0.2) is 95.4 Å². The Labute approximate surface area is 481 Å². The van der Waals surface area contributed by atoms with Gasteiger partial charge in [0.05, 0.1) is 31.9 Å². The number of halogens is 4. The lowest BCUT2D eigenvalue weighted by molar-refractivity contribution is -0.137. The van der Waals surface area contributed by atoms with Crippen LogP contribution in [0.4, 0.5) is 56.5 Å². The summed E-state index contributed by atoms with van der Waals surface area (Å²) in [6, 6.07) is 16.1. The molecule has 5 N–H and O–H groups in total. The standard InChI is InChI=1S/C25H29FN10O2S3.C24H23F3N8O2S3/c1-2-20-31-32-24(40-20)33-41(37,38)18-5-3-17(4-6-18)30-25(39)35-11-9-34(10-12-35)23-21-19(36-8-7-16(26)14-36)13-27-22(21)28-15-29-23;1-2-20-31-32-22(39-20)33-40(36,37)17-6-4-16(5-7-17)30-23(38)35-11-9-34(10-12-35)21-18-8-3-15(24(25,26)27)13-19(18)28-14-29-21/h3-6,13,15-16H,2,7-12,14H2,1H3,(H,30,39)(H,32,33)(H,27,28,29);3-8,13-14H,2,9-12H2,1H3,(H,30,38)(H,32,33)/t16-;/m0./s1. The summed E-state index contributed by atoms with van der Waals surface area (Å²) < 4.78 is 109. The van der Waals surface area contributed by atoms with Gasteiger partial charge in [0.2, 0.25) is 10.3 Å². The lowest BCUT2D eigenvalue weighted by Crippen LogP contribution is -2.50. The second-order valence-electron chi connectivity index (χ2n) is 18.6. The largest absolute Gasteiger partial charge is 0.416 e. The Hall–Kier alpha value is -7.26. The van der Waals surface area contributed by atoms with Crippen LogP contribution in [-0.2, 0) is 39.1 Å². The number of anilines is 7. The molecule has 11 rings (SSSR count). The third-order valence-electron chi connectivity index (χ3n) is 13.4. The number of alkyl halides is 4. The summed E-state index contributed by atoms with van der Waals surface area (Å²) in [4.78, 5) is 31.0. The SMILES string of the molecule is CCc1nnc(NS(=O)(=O)c2ccc(NC(=S)N3CCN(c4ncnc5[nH]cc(N6CC[C@H](F)C6)c45)CC3)cc2)s1.CCc1nnc(NS(=O)(=O)c2ccc(NC(=S)N3CCN(c4ncnc5cc(C(F)(F)F)ccc45)CC3)cc2)s1. The van der Waals surface area contributed by atoms with Crippen LogP contribution in [0.2, 0.25) is 0 Å².